The minimum atomic E-state index is -0.190. The van der Waals surface area contributed by atoms with Crippen LogP contribution in [-0.4, -0.2) is 36.9 Å². The smallest absolute Gasteiger partial charge is 0.198 e. The van der Waals surface area contributed by atoms with Gasteiger partial charge in [-0.25, -0.2) is 8.97 Å². The van der Waals surface area contributed by atoms with Crippen LogP contribution in [-0.2, 0) is 13.0 Å². The van der Waals surface area contributed by atoms with Gasteiger partial charge < -0.3 is 21.9 Å². The van der Waals surface area contributed by atoms with Crippen molar-refractivity contribution >= 4 is 17.3 Å². The summed E-state index contributed by atoms with van der Waals surface area (Å²) in [5, 5.41) is 0. The quantitative estimate of drug-likeness (QED) is 0.558. The van der Waals surface area contributed by atoms with Crippen molar-refractivity contribution in [2.75, 3.05) is 26.6 Å². The first-order chi connectivity index (χ1) is 11.7. The molecule has 2 aromatic rings. The molecule has 0 N–H and O–H groups in total. The fourth-order valence-corrected chi connectivity index (χ4v) is 3.43. The van der Waals surface area contributed by atoms with Crippen LogP contribution in [0.1, 0.15) is 16.7 Å². The summed E-state index contributed by atoms with van der Waals surface area (Å²) in [4.78, 5) is 0. The average molecular weight is 384 g/mol. The van der Waals surface area contributed by atoms with Crippen LogP contribution in [0.15, 0.2) is 36.4 Å². The van der Waals surface area contributed by atoms with Gasteiger partial charge in [-0.05, 0) is 29.8 Å². The largest absolute Gasteiger partial charge is 1.00 e. The van der Waals surface area contributed by atoms with Gasteiger partial charge in [0.15, 0.2) is 23.8 Å². The predicted octanol–water partition coefficient (Wildman–Crippen LogP) is 0.644. The van der Waals surface area contributed by atoms with E-state index in [4.69, 9.17) is 21.1 Å². The first kappa shape index (κ1) is 19.5. The van der Waals surface area contributed by atoms with Gasteiger partial charge in [-0.15, -0.1) is 11.6 Å². The number of rotatable bonds is 5. The Labute approximate surface area is 158 Å². The number of hydrogen-bond donors (Lipinski definition) is 0. The minimum absolute atomic E-state index is 0. The SMILES string of the molecule is COc1cc2c(cc1OC)C(CCl)=[N+](Cc1ccccc1F)CC2.[Cl-]. The van der Waals surface area contributed by atoms with Crippen molar-refractivity contribution in [1.82, 2.24) is 0 Å². The first-order valence-corrected chi connectivity index (χ1v) is 8.36. The van der Waals surface area contributed by atoms with Gasteiger partial charge in [-0.3, -0.25) is 0 Å². The molecule has 1 heterocycles. The highest BCUT2D eigenvalue weighted by Gasteiger charge is 2.27. The van der Waals surface area contributed by atoms with Gasteiger partial charge in [-0.2, -0.15) is 0 Å². The Kier molecular flexibility index (Phi) is 6.68. The van der Waals surface area contributed by atoms with Crippen molar-refractivity contribution in [2.24, 2.45) is 0 Å². The molecule has 0 fully saturated rings. The number of hydrogen-bond acceptors (Lipinski definition) is 2. The molecule has 0 aliphatic carbocycles. The van der Waals surface area contributed by atoms with Crippen molar-refractivity contribution in [3.63, 3.8) is 0 Å². The number of ether oxygens (including phenoxy) is 2. The summed E-state index contributed by atoms with van der Waals surface area (Å²) < 4.78 is 26.9. The molecule has 0 bridgehead atoms. The third-order valence-electron chi connectivity index (χ3n) is 4.40. The molecule has 0 saturated heterocycles. The second kappa shape index (κ2) is 8.54. The molecule has 0 saturated carbocycles. The third-order valence-corrected chi connectivity index (χ3v) is 4.65. The van der Waals surface area contributed by atoms with Crippen LogP contribution in [0.25, 0.3) is 0 Å². The second-order valence-electron chi connectivity index (χ2n) is 5.71. The summed E-state index contributed by atoms with van der Waals surface area (Å²) in [6.45, 7) is 1.29. The zero-order valence-corrected chi connectivity index (χ0v) is 15.7. The summed E-state index contributed by atoms with van der Waals surface area (Å²) >= 11 is 6.23. The maximum Gasteiger partial charge on any atom is 0.198 e. The molecular formula is C19H20Cl2FNO2. The van der Waals surface area contributed by atoms with Crippen LogP contribution >= 0.6 is 11.6 Å². The summed E-state index contributed by atoms with van der Waals surface area (Å²) in [5.74, 6) is 1.56. The van der Waals surface area contributed by atoms with Gasteiger partial charge in [0.25, 0.3) is 0 Å². The summed E-state index contributed by atoms with van der Waals surface area (Å²) in [6.07, 6.45) is 0.852. The molecule has 0 unspecified atom stereocenters. The lowest BCUT2D eigenvalue weighted by Crippen LogP contribution is -3.00. The topological polar surface area (TPSA) is 21.5 Å². The number of benzene rings is 2. The van der Waals surface area contributed by atoms with E-state index in [0.717, 1.165) is 24.2 Å². The van der Waals surface area contributed by atoms with E-state index in [0.29, 0.717) is 29.5 Å². The average Bonchev–Trinajstić information content (AvgIpc) is 2.62. The fraction of sp³-hybridized carbons (Fsp3) is 0.316. The zero-order valence-electron chi connectivity index (χ0n) is 14.2. The highest BCUT2D eigenvalue weighted by atomic mass is 35.5. The highest BCUT2D eigenvalue weighted by Crippen LogP contribution is 2.32. The monoisotopic (exact) mass is 383 g/mol. The van der Waals surface area contributed by atoms with Crippen LogP contribution < -0.4 is 21.9 Å². The Morgan fingerprint density at radius 2 is 1.80 bits per heavy atom. The van der Waals surface area contributed by atoms with Crippen LogP contribution in [0.4, 0.5) is 4.39 Å². The van der Waals surface area contributed by atoms with Crippen molar-refractivity contribution in [3.8, 4) is 11.5 Å². The van der Waals surface area contributed by atoms with Gasteiger partial charge in [0, 0.05) is 12.0 Å². The Morgan fingerprint density at radius 3 is 2.44 bits per heavy atom. The van der Waals surface area contributed by atoms with E-state index in [-0.39, 0.29) is 18.2 Å². The Hall–Kier alpha value is -1.78. The molecule has 2 aromatic carbocycles. The predicted molar refractivity (Wildman–Crippen MR) is 93.3 cm³/mol. The molecule has 134 valence electrons. The van der Waals surface area contributed by atoms with Gasteiger partial charge in [0.2, 0.25) is 0 Å². The molecule has 1 aliphatic rings. The Morgan fingerprint density at radius 1 is 1.12 bits per heavy atom. The van der Waals surface area contributed by atoms with Crippen LogP contribution in [0, 0.1) is 5.82 Å². The molecule has 0 radical (unpaired) electrons. The lowest BCUT2D eigenvalue weighted by Gasteiger charge is -2.20. The van der Waals surface area contributed by atoms with Crippen molar-refractivity contribution < 1.29 is 30.8 Å². The van der Waals surface area contributed by atoms with E-state index in [1.54, 1.807) is 20.3 Å². The minimum Gasteiger partial charge on any atom is -1.00 e. The third kappa shape index (κ3) is 3.91. The van der Waals surface area contributed by atoms with Crippen molar-refractivity contribution in [3.05, 3.63) is 58.9 Å². The molecule has 0 spiro atoms. The molecule has 3 rings (SSSR count). The number of alkyl halides is 1. The standard InChI is InChI=1S/C19H20ClFNO2.ClH/c1-23-18-9-13-7-8-22(12-14-5-3-4-6-16(14)21)17(11-20)15(13)10-19(18)24-2;/h3-6,9-10H,7-8,11-12H2,1-2H3;1H/q+1;/p-1. The molecular weight excluding hydrogens is 364 g/mol. The summed E-state index contributed by atoms with van der Waals surface area (Å²) in [6, 6.07) is 10.8. The van der Waals surface area contributed by atoms with E-state index in [1.165, 1.54) is 11.6 Å². The maximum absolute atomic E-state index is 14.0. The zero-order chi connectivity index (χ0) is 17.1. The van der Waals surface area contributed by atoms with Crippen LogP contribution in [0.2, 0.25) is 0 Å². The normalized spacial score (nSPS) is 13.1. The van der Waals surface area contributed by atoms with Crippen LogP contribution in [0.5, 0.6) is 11.5 Å². The lowest BCUT2D eigenvalue weighted by atomic mass is 9.96. The maximum atomic E-state index is 14.0. The molecule has 25 heavy (non-hydrogen) atoms. The molecule has 0 amide bonds. The van der Waals surface area contributed by atoms with Gasteiger partial charge >= 0.3 is 0 Å². The number of halogens is 3. The van der Waals surface area contributed by atoms with E-state index < -0.39 is 0 Å². The molecule has 1 aliphatic heterocycles. The summed E-state index contributed by atoms with van der Waals surface area (Å²) in [7, 11) is 3.24. The Bertz CT molecular complexity index is 793. The van der Waals surface area contributed by atoms with E-state index >= 15 is 0 Å². The van der Waals surface area contributed by atoms with Crippen molar-refractivity contribution in [2.45, 2.75) is 13.0 Å². The first-order valence-electron chi connectivity index (χ1n) is 7.83. The lowest BCUT2D eigenvalue weighted by molar-refractivity contribution is -0.545. The molecule has 3 nitrogen and oxygen atoms in total. The van der Waals surface area contributed by atoms with Gasteiger partial charge in [0.1, 0.15) is 18.2 Å². The molecule has 0 aromatic heterocycles. The number of methoxy groups -OCH3 is 2. The van der Waals surface area contributed by atoms with E-state index in [1.807, 2.05) is 24.3 Å². The second-order valence-corrected chi connectivity index (χ2v) is 5.97. The Balaban J connectivity index is 0.00000225. The number of nitrogens with zero attached hydrogens (tertiary/aromatic N) is 1. The molecule has 0 atom stereocenters. The molecule has 6 heteroatoms. The van der Waals surface area contributed by atoms with Gasteiger partial charge in [0.05, 0.1) is 19.8 Å². The van der Waals surface area contributed by atoms with Gasteiger partial charge in [-0.1, -0.05) is 12.1 Å². The van der Waals surface area contributed by atoms with E-state index in [9.17, 15) is 4.39 Å². The van der Waals surface area contributed by atoms with E-state index in [2.05, 4.69) is 4.58 Å². The van der Waals surface area contributed by atoms with Crippen molar-refractivity contribution in [1.29, 1.82) is 0 Å². The fourth-order valence-electron chi connectivity index (χ4n) is 3.12. The van der Waals surface area contributed by atoms with Crippen LogP contribution in [0.3, 0.4) is 0 Å². The number of fused-ring (bicyclic) bond motifs is 1. The highest BCUT2D eigenvalue weighted by molar-refractivity contribution is 6.31. The summed E-state index contributed by atoms with van der Waals surface area (Å²) in [5.41, 5.74) is 3.88.